The number of nitrogens with two attached hydrogens (primary N) is 1. The summed E-state index contributed by atoms with van der Waals surface area (Å²) in [5.41, 5.74) is 7.76. The summed E-state index contributed by atoms with van der Waals surface area (Å²) >= 11 is 0. The second-order valence-electron chi connectivity index (χ2n) is 5.62. The highest BCUT2D eigenvalue weighted by Gasteiger charge is 2.33. The smallest absolute Gasteiger partial charge is 0.251 e. The molecule has 19 heavy (non-hydrogen) atoms. The number of anilines is 1. The highest BCUT2D eigenvalue weighted by molar-refractivity contribution is 5.96. The Balaban J connectivity index is 2.01. The van der Waals surface area contributed by atoms with Gasteiger partial charge in [0.15, 0.2) is 0 Å². The fourth-order valence-electron chi connectivity index (χ4n) is 2.82. The second-order valence-corrected chi connectivity index (χ2v) is 5.62. The number of benzene rings is 1. The van der Waals surface area contributed by atoms with E-state index >= 15 is 0 Å². The maximum absolute atomic E-state index is 12.2. The van der Waals surface area contributed by atoms with Crippen LogP contribution < -0.4 is 11.1 Å². The maximum atomic E-state index is 12.2. The summed E-state index contributed by atoms with van der Waals surface area (Å²) in [6.45, 7) is 2.57. The van der Waals surface area contributed by atoms with Gasteiger partial charge in [-0.25, -0.2) is 0 Å². The Morgan fingerprint density at radius 3 is 2.68 bits per heavy atom. The van der Waals surface area contributed by atoms with Crippen molar-refractivity contribution in [2.45, 2.75) is 32.6 Å². The van der Waals surface area contributed by atoms with Crippen LogP contribution in [0.4, 0.5) is 5.69 Å². The Labute approximate surface area is 114 Å². The van der Waals surface area contributed by atoms with Crippen LogP contribution in [0.2, 0.25) is 0 Å². The van der Waals surface area contributed by atoms with Crippen molar-refractivity contribution >= 4 is 11.6 Å². The van der Waals surface area contributed by atoms with Crippen LogP contribution in [0.3, 0.4) is 0 Å². The summed E-state index contributed by atoms with van der Waals surface area (Å²) in [5.74, 6) is -0.0859. The summed E-state index contributed by atoms with van der Waals surface area (Å²) in [5, 5.41) is 12.5. The minimum atomic E-state index is -0.114. The Kier molecular flexibility index (Phi) is 4.10. The minimum absolute atomic E-state index is 0.0859. The van der Waals surface area contributed by atoms with E-state index in [2.05, 4.69) is 5.32 Å². The zero-order chi connectivity index (χ0) is 13.9. The molecule has 104 valence electrons. The van der Waals surface area contributed by atoms with Crippen LogP contribution in [0, 0.1) is 12.3 Å². The van der Waals surface area contributed by atoms with Gasteiger partial charge in [0.2, 0.25) is 0 Å². The summed E-state index contributed by atoms with van der Waals surface area (Å²) in [4.78, 5) is 12.2. The predicted molar refractivity (Wildman–Crippen MR) is 75.9 cm³/mol. The number of aryl methyl sites for hydroxylation is 1. The number of nitrogen functional groups attached to an aromatic ring is 1. The molecule has 1 fully saturated rings. The van der Waals surface area contributed by atoms with Gasteiger partial charge in [-0.1, -0.05) is 12.8 Å². The Morgan fingerprint density at radius 2 is 2.11 bits per heavy atom. The molecule has 4 heteroatoms. The largest absolute Gasteiger partial charge is 0.399 e. The van der Waals surface area contributed by atoms with Crippen molar-refractivity contribution in [1.82, 2.24) is 5.32 Å². The molecule has 1 aromatic carbocycles. The Morgan fingerprint density at radius 1 is 1.42 bits per heavy atom. The van der Waals surface area contributed by atoms with Crippen molar-refractivity contribution in [3.05, 3.63) is 29.3 Å². The molecule has 0 saturated heterocycles. The number of hydrogen-bond donors (Lipinski definition) is 3. The molecule has 0 aliphatic heterocycles. The van der Waals surface area contributed by atoms with Crippen LogP contribution in [-0.4, -0.2) is 24.2 Å². The number of rotatable bonds is 4. The molecule has 0 aromatic heterocycles. The number of aliphatic hydroxyl groups is 1. The van der Waals surface area contributed by atoms with E-state index in [0.29, 0.717) is 17.8 Å². The first-order valence-electron chi connectivity index (χ1n) is 6.81. The molecule has 0 unspecified atom stereocenters. The molecule has 1 aromatic rings. The summed E-state index contributed by atoms with van der Waals surface area (Å²) < 4.78 is 0. The van der Waals surface area contributed by atoms with Gasteiger partial charge in [-0.2, -0.15) is 0 Å². The molecule has 1 aliphatic carbocycles. The number of carbonyl (C=O) groups excluding carboxylic acids is 1. The van der Waals surface area contributed by atoms with Crippen molar-refractivity contribution in [2.75, 3.05) is 18.9 Å². The number of amides is 1. The zero-order valence-corrected chi connectivity index (χ0v) is 11.4. The van der Waals surface area contributed by atoms with Crippen LogP contribution in [0.1, 0.15) is 41.6 Å². The third-order valence-electron chi connectivity index (χ3n) is 4.12. The molecule has 4 nitrogen and oxygen atoms in total. The summed E-state index contributed by atoms with van der Waals surface area (Å²) in [7, 11) is 0. The first-order valence-corrected chi connectivity index (χ1v) is 6.81. The van der Waals surface area contributed by atoms with Crippen LogP contribution >= 0.6 is 0 Å². The van der Waals surface area contributed by atoms with Crippen molar-refractivity contribution in [3.63, 3.8) is 0 Å². The first-order chi connectivity index (χ1) is 9.06. The summed E-state index contributed by atoms with van der Waals surface area (Å²) in [6.07, 6.45) is 4.25. The fourth-order valence-corrected chi connectivity index (χ4v) is 2.82. The molecule has 1 saturated carbocycles. The molecule has 1 amide bonds. The molecule has 0 spiro atoms. The van der Waals surface area contributed by atoms with Gasteiger partial charge in [0.25, 0.3) is 5.91 Å². The van der Waals surface area contributed by atoms with E-state index < -0.39 is 0 Å². The van der Waals surface area contributed by atoms with Crippen molar-refractivity contribution in [2.24, 2.45) is 5.41 Å². The van der Waals surface area contributed by atoms with E-state index in [1.54, 1.807) is 18.2 Å². The van der Waals surface area contributed by atoms with Crippen molar-refractivity contribution in [3.8, 4) is 0 Å². The average Bonchev–Trinajstić information content (AvgIpc) is 2.85. The highest BCUT2D eigenvalue weighted by atomic mass is 16.3. The lowest BCUT2D eigenvalue weighted by atomic mass is 9.87. The fraction of sp³-hybridized carbons (Fsp3) is 0.533. The monoisotopic (exact) mass is 262 g/mol. The Bertz CT molecular complexity index is 465. The average molecular weight is 262 g/mol. The number of aliphatic hydroxyl groups excluding tert-OH is 1. The number of carbonyl (C=O) groups is 1. The standard InChI is InChI=1S/C15H22N2O2/c1-11-8-12(16)4-5-13(11)14(19)17-9-15(10-18)6-2-3-7-15/h4-5,8,18H,2-3,6-7,9-10,16H2,1H3,(H,17,19). The van der Waals surface area contributed by atoms with Crippen LogP contribution in [-0.2, 0) is 0 Å². The lowest BCUT2D eigenvalue weighted by Gasteiger charge is -2.26. The number of hydrogen-bond acceptors (Lipinski definition) is 3. The van der Waals surface area contributed by atoms with Crippen LogP contribution in [0.25, 0.3) is 0 Å². The second kappa shape index (κ2) is 5.61. The molecular formula is C15H22N2O2. The quantitative estimate of drug-likeness (QED) is 0.725. The van der Waals surface area contributed by atoms with Crippen molar-refractivity contribution < 1.29 is 9.90 Å². The minimum Gasteiger partial charge on any atom is -0.399 e. The molecular weight excluding hydrogens is 240 g/mol. The van der Waals surface area contributed by atoms with Gasteiger partial charge < -0.3 is 16.2 Å². The van der Waals surface area contributed by atoms with E-state index in [1.165, 1.54) is 0 Å². The van der Waals surface area contributed by atoms with Gasteiger partial charge in [0, 0.05) is 23.2 Å². The molecule has 1 aliphatic rings. The van der Waals surface area contributed by atoms with Gasteiger partial charge in [-0.15, -0.1) is 0 Å². The van der Waals surface area contributed by atoms with Crippen LogP contribution in [0.15, 0.2) is 18.2 Å². The van der Waals surface area contributed by atoms with Crippen molar-refractivity contribution in [1.29, 1.82) is 0 Å². The SMILES string of the molecule is Cc1cc(N)ccc1C(=O)NCC1(CO)CCCC1. The van der Waals surface area contributed by atoms with Crippen LogP contribution in [0.5, 0.6) is 0 Å². The lowest BCUT2D eigenvalue weighted by molar-refractivity contribution is 0.0880. The maximum Gasteiger partial charge on any atom is 0.251 e. The van der Waals surface area contributed by atoms with E-state index in [-0.39, 0.29) is 17.9 Å². The van der Waals surface area contributed by atoms with Gasteiger partial charge in [-0.3, -0.25) is 4.79 Å². The summed E-state index contributed by atoms with van der Waals surface area (Å²) in [6, 6.07) is 5.28. The van der Waals surface area contributed by atoms with E-state index in [4.69, 9.17) is 5.73 Å². The van der Waals surface area contributed by atoms with Gasteiger partial charge in [0.05, 0.1) is 6.61 Å². The third kappa shape index (κ3) is 3.07. The van der Waals surface area contributed by atoms with E-state index in [9.17, 15) is 9.90 Å². The molecule has 0 bridgehead atoms. The highest BCUT2D eigenvalue weighted by Crippen LogP contribution is 2.36. The molecule has 0 atom stereocenters. The van der Waals surface area contributed by atoms with E-state index in [0.717, 1.165) is 31.2 Å². The Hall–Kier alpha value is -1.55. The van der Waals surface area contributed by atoms with E-state index in [1.807, 2.05) is 6.92 Å². The predicted octanol–water partition coefficient (Wildman–Crippen LogP) is 1.86. The van der Waals surface area contributed by atoms with Gasteiger partial charge in [0.1, 0.15) is 0 Å². The molecule has 2 rings (SSSR count). The molecule has 0 radical (unpaired) electrons. The topological polar surface area (TPSA) is 75.4 Å². The third-order valence-corrected chi connectivity index (χ3v) is 4.12. The number of nitrogens with one attached hydrogen (secondary N) is 1. The normalized spacial score (nSPS) is 17.4. The van der Waals surface area contributed by atoms with Gasteiger partial charge >= 0.3 is 0 Å². The van der Waals surface area contributed by atoms with Gasteiger partial charge in [-0.05, 0) is 43.5 Å². The zero-order valence-electron chi connectivity index (χ0n) is 11.4. The first kappa shape index (κ1) is 13.9. The lowest BCUT2D eigenvalue weighted by Crippen LogP contribution is -2.38. The molecule has 0 heterocycles. The molecule has 4 N–H and O–H groups in total.